The van der Waals surface area contributed by atoms with E-state index < -0.39 is 0 Å². The van der Waals surface area contributed by atoms with Crippen LogP contribution in [0.2, 0.25) is 0 Å². The van der Waals surface area contributed by atoms with Crippen molar-refractivity contribution in [3.8, 4) is 11.3 Å². The topological polar surface area (TPSA) is 46.9 Å². The van der Waals surface area contributed by atoms with Gasteiger partial charge in [0.25, 0.3) is 5.91 Å². The van der Waals surface area contributed by atoms with Crippen molar-refractivity contribution in [1.82, 2.24) is 4.98 Å². The lowest BCUT2D eigenvalue weighted by molar-refractivity contribution is -0.900. The van der Waals surface area contributed by atoms with Gasteiger partial charge in [-0.1, -0.05) is 60.7 Å². The molecule has 3 aromatic rings. The van der Waals surface area contributed by atoms with Crippen LogP contribution in [0.25, 0.3) is 11.3 Å². The van der Waals surface area contributed by atoms with Crippen molar-refractivity contribution >= 4 is 22.4 Å². The molecule has 1 aliphatic rings. The Bertz CT molecular complexity index is 892. The van der Waals surface area contributed by atoms with Gasteiger partial charge in [-0.05, 0) is 5.56 Å². The fourth-order valence-corrected chi connectivity index (χ4v) is 4.15. The van der Waals surface area contributed by atoms with Crippen LogP contribution >= 0.6 is 11.3 Å². The van der Waals surface area contributed by atoms with Crippen LogP contribution in [0.4, 0.5) is 5.13 Å². The summed E-state index contributed by atoms with van der Waals surface area (Å²) in [6.45, 7) is 4.19. The van der Waals surface area contributed by atoms with E-state index in [1.54, 1.807) is 0 Å². The number of carbonyl (C=O) groups excluding carboxylic acids is 1. The van der Waals surface area contributed by atoms with E-state index in [1.165, 1.54) is 16.2 Å². The molecule has 28 heavy (non-hydrogen) atoms. The number of nitrogens with one attached hydrogen (secondary N) is 1. The quantitative estimate of drug-likeness (QED) is 0.698. The van der Waals surface area contributed by atoms with Crippen molar-refractivity contribution < 1.29 is 14.4 Å². The van der Waals surface area contributed by atoms with E-state index in [9.17, 15) is 4.79 Å². The highest BCUT2D eigenvalue weighted by Crippen LogP contribution is 2.28. The van der Waals surface area contributed by atoms with Gasteiger partial charge in [-0.15, -0.1) is 11.3 Å². The Labute approximate surface area is 169 Å². The number of hydrogen-bond acceptors (Lipinski definition) is 4. The van der Waals surface area contributed by atoms with Crippen molar-refractivity contribution in [3.63, 3.8) is 0 Å². The Hall–Kier alpha value is -2.54. The summed E-state index contributed by atoms with van der Waals surface area (Å²) >= 11 is 1.52. The number of morpholine rings is 1. The molecule has 144 valence electrons. The number of ether oxygens (including phenoxy) is 1. The standard InChI is InChI=1S/C22H23N3O2S/c26-21(16-24-11-13-27-14-12-24)25(15-18-7-3-1-4-8-18)22-23-20(17-28-22)19-9-5-2-6-10-19/h1-10,17H,11-16H2/p+1. The Morgan fingerprint density at radius 1 is 1.04 bits per heavy atom. The summed E-state index contributed by atoms with van der Waals surface area (Å²) in [5, 5.41) is 2.78. The van der Waals surface area contributed by atoms with Crippen LogP contribution in [0, 0.1) is 0 Å². The summed E-state index contributed by atoms with van der Waals surface area (Å²) in [4.78, 5) is 21.1. The number of nitrogens with zero attached hydrogens (tertiary/aromatic N) is 2. The molecule has 0 aliphatic carbocycles. The maximum atomic E-state index is 13.2. The largest absolute Gasteiger partial charge is 0.370 e. The lowest BCUT2D eigenvalue weighted by atomic mass is 10.2. The average Bonchev–Trinajstić information content (AvgIpc) is 3.24. The normalized spacial score (nSPS) is 14.7. The molecule has 1 saturated heterocycles. The Kier molecular flexibility index (Phi) is 6.11. The average molecular weight is 395 g/mol. The fourth-order valence-electron chi connectivity index (χ4n) is 3.30. The molecular weight excluding hydrogens is 370 g/mol. The summed E-state index contributed by atoms with van der Waals surface area (Å²) in [7, 11) is 0. The second-order valence-corrected chi connectivity index (χ2v) is 7.72. The molecule has 0 atom stereocenters. The Balaban J connectivity index is 1.57. The minimum atomic E-state index is 0.106. The second kappa shape index (κ2) is 9.10. The summed E-state index contributed by atoms with van der Waals surface area (Å²) in [5.41, 5.74) is 3.07. The van der Waals surface area contributed by atoms with Crippen molar-refractivity contribution in [2.75, 3.05) is 37.7 Å². The molecular formula is C22H24N3O2S+. The molecule has 0 bridgehead atoms. The van der Waals surface area contributed by atoms with Gasteiger partial charge in [0, 0.05) is 10.9 Å². The number of amides is 1. The molecule has 1 aliphatic heterocycles. The van der Waals surface area contributed by atoms with Crippen molar-refractivity contribution in [2.24, 2.45) is 0 Å². The lowest BCUT2D eigenvalue weighted by Crippen LogP contribution is -3.15. The lowest BCUT2D eigenvalue weighted by Gasteiger charge is -2.26. The van der Waals surface area contributed by atoms with Crippen LogP contribution in [0.15, 0.2) is 66.0 Å². The third-order valence-electron chi connectivity index (χ3n) is 4.88. The predicted molar refractivity (Wildman–Crippen MR) is 112 cm³/mol. The van der Waals surface area contributed by atoms with E-state index in [2.05, 4.69) is 0 Å². The van der Waals surface area contributed by atoms with Gasteiger partial charge in [0.1, 0.15) is 13.1 Å². The van der Waals surface area contributed by atoms with Gasteiger partial charge in [0.15, 0.2) is 11.7 Å². The first kappa shape index (κ1) is 18.8. The van der Waals surface area contributed by atoms with Gasteiger partial charge < -0.3 is 9.64 Å². The van der Waals surface area contributed by atoms with Crippen molar-refractivity contribution in [1.29, 1.82) is 0 Å². The minimum absolute atomic E-state index is 0.106. The van der Waals surface area contributed by atoms with Crippen LogP contribution in [-0.4, -0.2) is 43.7 Å². The first-order valence-corrected chi connectivity index (χ1v) is 10.4. The van der Waals surface area contributed by atoms with Gasteiger partial charge in [-0.3, -0.25) is 9.69 Å². The first-order chi connectivity index (χ1) is 13.8. The third-order valence-corrected chi connectivity index (χ3v) is 5.74. The molecule has 1 aromatic heterocycles. The number of quaternary nitrogens is 1. The number of anilines is 1. The van der Waals surface area contributed by atoms with E-state index in [0.29, 0.717) is 13.1 Å². The molecule has 0 saturated carbocycles. The number of aromatic nitrogens is 1. The maximum absolute atomic E-state index is 13.2. The van der Waals surface area contributed by atoms with Gasteiger partial charge in [0.05, 0.1) is 25.5 Å². The Morgan fingerprint density at radius 2 is 1.71 bits per heavy atom. The smallest absolute Gasteiger partial charge is 0.284 e. The first-order valence-electron chi connectivity index (χ1n) is 9.56. The van der Waals surface area contributed by atoms with Crippen LogP contribution < -0.4 is 9.80 Å². The van der Waals surface area contributed by atoms with E-state index in [1.807, 2.05) is 70.9 Å². The zero-order valence-corrected chi connectivity index (χ0v) is 16.5. The van der Waals surface area contributed by atoms with Gasteiger partial charge in [0.2, 0.25) is 0 Å². The molecule has 1 N–H and O–H groups in total. The third kappa shape index (κ3) is 4.65. The molecule has 2 heterocycles. The predicted octanol–water partition coefficient (Wildman–Crippen LogP) is 2.26. The zero-order valence-electron chi connectivity index (χ0n) is 15.7. The highest BCUT2D eigenvalue weighted by atomic mass is 32.1. The van der Waals surface area contributed by atoms with Crippen molar-refractivity contribution in [2.45, 2.75) is 6.54 Å². The molecule has 5 nitrogen and oxygen atoms in total. The van der Waals surface area contributed by atoms with E-state index in [4.69, 9.17) is 9.72 Å². The van der Waals surface area contributed by atoms with E-state index >= 15 is 0 Å². The van der Waals surface area contributed by atoms with Crippen LogP contribution in [0.5, 0.6) is 0 Å². The van der Waals surface area contributed by atoms with Crippen LogP contribution in [0.1, 0.15) is 5.56 Å². The summed E-state index contributed by atoms with van der Waals surface area (Å²) in [6, 6.07) is 20.2. The number of hydrogen-bond donors (Lipinski definition) is 1. The minimum Gasteiger partial charge on any atom is -0.370 e. The summed E-state index contributed by atoms with van der Waals surface area (Å²) in [5.74, 6) is 0.106. The fraction of sp³-hybridized carbons (Fsp3) is 0.273. The summed E-state index contributed by atoms with van der Waals surface area (Å²) in [6.07, 6.45) is 0. The molecule has 4 rings (SSSR count). The Morgan fingerprint density at radius 3 is 2.43 bits per heavy atom. The number of rotatable bonds is 6. The van der Waals surface area contributed by atoms with Gasteiger partial charge in [-0.2, -0.15) is 0 Å². The summed E-state index contributed by atoms with van der Waals surface area (Å²) < 4.78 is 5.42. The molecule has 6 heteroatoms. The van der Waals surface area contributed by atoms with E-state index in [0.717, 1.165) is 48.3 Å². The van der Waals surface area contributed by atoms with Crippen LogP contribution in [-0.2, 0) is 16.1 Å². The highest BCUT2D eigenvalue weighted by Gasteiger charge is 2.25. The monoisotopic (exact) mass is 394 g/mol. The molecule has 0 unspecified atom stereocenters. The second-order valence-electron chi connectivity index (χ2n) is 6.89. The maximum Gasteiger partial charge on any atom is 0.284 e. The number of carbonyl (C=O) groups is 1. The number of benzene rings is 2. The SMILES string of the molecule is O=C(C[NH+]1CCOCC1)N(Cc1ccccc1)c1nc(-c2ccccc2)cs1. The van der Waals surface area contributed by atoms with Gasteiger partial charge >= 0.3 is 0 Å². The molecule has 1 amide bonds. The van der Waals surface area contributed by atoms with E-state index in [-0.39, 0.29) is 5.91 Å². The van der Waals surface area contributed by atoms with Crippen LogP contribution in [0.3, 0.4) is 0 Å². The molecule has 0 spiro atoms. The molecule has 1 fully saturated rings. The highest BCUT2D eigenvalue weighted by molar-refractivity contribution is 7.14. The van der Waals surface area contributed by atoms with Gasteiger partial charge in [-0.25, -0.2) is 4.98 Å². The zero-order chi connectivity index (χ0) is 19.2. The molecule has 2 aromatic carbocycles. The number of thiazole rings is 1. The van der Waals surface area contributed by atoms with Crippen molar-refractivity contribution in [3.05, 3.63) is 71.6 Å². The molecule has 0 radical (unpaired) electrons.